The molecule has 1 N–H and O–H groups in total. The average molecular weight is 481 g/mol. The van der Waals surface area contributed by atoms with Crippen LogP contribution in [0.1, 0.15) is 31.7 Å². The van der Waals surface area contributed by atoms with E-state index in [9.17, 15) is 8.78 Å². The van der Waals surface area contributed by atoms with Gasteiger partial charge in [0.1, 0.15) is 11.6 Å². The smallest absolute Gasteiger partial charge is 0.193 e. The van der Waals surface area contributed by atoms with Gasteiger partial charge in [0.15, 0.2) is 5.96 Å². The number of rotatable bonds is 7. The summed E-state index contributed by atoms with van der Waals surface area (Å²) in [6.07, 6.45) is 3.59. The lowest BCUT2D eigenvalue weighted by atomic mass is 9.96. The molecule has 0 aliphatic carbocycles. The fraction of sp³-hybridized carbons (Fsp3) is 0.632. The van der Waals surface area contributed by atoms with Gasteiger partial charge < -0.3 is 15.0 Å². The molecule has 1 aliphatic heterocycles. The Labute approximate surface area is 172 Å². The lowest BCUT2D eigenvalue weighted by Crippen LogP contribution is -2.40. The third-order valence-electron chi connectivity index (χ3n) is 4.60. The van der Waals surface area contributed by atoms with Crippen LogP contribution in [0.15, 0.2) is 23.2 Å². The average Bonchev–Trinajstić information content (AvgIpc) is 2.62. The molecule has 1 aromatic rings. The number of benzene rings is 1. The Bertz CT molecular complexity index is 545. The number of guanidine groups is 1. The van der Waals surface area contributed by atoms with E-state index in [0.717, 1.165) is 51.5 Å². The van der Waals surface area contributed by atoms with Crippen molar-refractivity contribution >= 4 is 29.9 Å². The first-order valence-electron chi connectivity index (χ1n) is 9.12. The molecule has 2 rings (SSSR count). The summed E-state index contributed by atoms with van der Waals surface area (Å²) in [5.41, 5.74) is 0.104. The van der Waals surface area contributed by atoms with Crippen molar-refractivity contribution in [3.05, 3.63) is 35.4 Å². The highest BCUT2D eigenvalue weighted by Gasteiger charge is 2.15. The van der Waals surface area contributed by atoms with E-state index in [2.05, 4.69) is 15.2 Å². The Morgan fingerprint density at radius 2 is 1.92 bits per heavy atom. The minimum Gasteiger partial charge on any atom is -0.381 e. The Morgan fingerprint density at radius 1 is 1.27 bits per heavy atom. The quantitative estimate of drug-likeness (QED) is 0.366. The fourth-order valence-electron chi connectivity index (χ4n) is 3.03. The maximum Gasteiger partial charge on any atom is 0.193 e. The van der Waals surface area contributed by atoms with Crippen LogP contribution in [0, 0.1) is 17.6 Å². The normalized spacial score (nSPS) is 15.5. The van der Waals surface area contributed by atoms with Gasteiger partial charge in [-0.2, -0.15) is 0 Å². The number of aliphatic imine (C=N–C) groups is 1. The van der Waals surface area contributed by atoms with E-state index in [1.807, 2.05) is 14.0 Å². The van der Waals surface area contributed by atoms with Crippen LogP contribution in [0.4, 0.5) is 8.78 Å². The number of nitrogens with zero attached hydrogens (tertiary/aromatic N) is 2. The monoisotopic (exact) mass is 481 g/mol. The van der Waals surface area contributed by atoms with E-state index in [4.69, 9.17) is 4.74 Å². The minimum atomic E-state index is -0.506. The molecule has 0 radical (unpaired) electrons. The molecule has 0 spiro atoms. The molecule has 1 saturated heterocycles. The topological polar surface area (TPSA) is 36.9 Å². The number of hydrogen-bond acceptors (Lipinski definition) is 2. The van der Waals surface area contributed by atoms with Gasteiger partial charge in [0.25, 0.3) is 0 Å². The van der Waals surface area contributed by atoms with E-state index in [-0.39, 0.29) is 36.0 Å². The van der Waals surface area contributed by atoms with Gasteiger partial charge in [-0.25, -0.2) is 8.78 Å². The van der Waals surface area contributed by atoms with Gasteiger partial charge in [0, 0.05) is 45.5 Å². The summed E-state index contributed by atoms with van der Waals surface area (Å²) in [4.78, 5) is 6.62. The first kappa shape index (κ1) is 23.1. The van der Waals surface area contributed by atoms with Gasteiger partial charge in [0.05, 0.1) is 0 Å². The molecule has 0 atom stereocenters. The van der Waals surface area contributed by atoms with Gasteiger partial charge in [-0.3, -0.25) is 4.99 Å². The van der Waals surface area contributed by atoms with Crippen LogP contribution in [-0.2, 0) is 11.2 Å². The SMILES string of the molecule is CCNC(=NCCc1c(F)cccc1F)N(C)CCC1CCOCC1.I. The first-order chi connectivity index (χ1) is 12.1. The molecule has 1 heterocycles. The lowest BCUT2D eigenvalue weighted by molar-refractivity contribution is 0.0625. The summed E-state index contributed by atoms with van der Waals surface area (Å²) in [6.45, 7) is 5.74. The van der Waals surface area contributed by atoms with Gasteiger partial charge in [-0.1, -0.05) is 6.07 Å². The zero-order chi connectivity index (χ0) is 18.1. The van der Waals surface area contributed by atoms with Crippen LogP contribution in [-0.4, -0.2) is 50.8 Å². The molecule has 0 amide bonds. The van der Waals surface area contributed by atoms with Crippen LogP contribution in [0.5, 0.6) is 0 Å². The predicted molar refractivity (Wildman–Crippen MR) is 112 cm³/mol. The molecule has 0 aromatic heterocycles. The molecule has 26 heavy (non-hydrogen) atoms. The molecule has 0 unspecified atom stereocenters. The van der Waals surface area contributed by atoms with Gasteiger partial charge >= 0.3 is 0 Å². The van der Waals surface area contributed by atoms with Crippen molar-refractivity contribution < 1.29 is 13.5 Å². The Kier molecular flexibility index (Phi) is 11.0. The van der Waals surface area contributed by atoms with E-state index in [1.54, 1.807) is 0 Å². The van der Waals surface area contributed by atoms with Crippen molar-refractivity contribution in [2.75, 3.05) is 39.9 Å². The highest BCUT2D eigenvalue weighted by Crippen LogP contribution is 2.18. The van der Waals surface area contributed by atoms with Crippen LogP contribution in [0.3, 0.4) is 0 Å². The second-order valence-electron chi connectivity index (χ2n) is 6.45. The lowest BCUT2D eigenvalue weighted by Gasteiger charge is -2.26. The molecule has 1 fully saturated rings. The minimum absolute atomic E-state index is 0. The van der Waals surface area contributed by atoms with Crippen LogP contribution >= 0.6 is 24.0 Å². The standard InChI is InChI=1S/C19H29F2N3O.HI/c1-3-22-19(24(2)12-8-15-9-13-25-14-10-15)23-11-7-16-17(20)5-4-6-18(16)21;/h4-6,15H,3,7-14H2,1-2H3,(H,22,23);1H. The second kappa shape index (κ2) is 12.4. The largest absolute Gasteiger partial charge is 0.381 e. The van der Waals surface area contributed by atoms with E-state index in [1.165, 1.54) is 18.2 Å². The van der Waals surface area contributed by atoms with Gasteiger partial charge in [0.2, 0.25) is 0 Å². The number of hydrogen-bond donors (Lipinski definition) is 1. The molecule has 148 valence electrons. The first-order valence-corrected chi connectivity index (χ1v) is 9.12. The Hall–Kier alpha value is -0.960. The van der Waals surface area contributed by atoms with Gasteiger partial charge in [-0.05, 0) is 50.7 Å². The molecule has 4 nitrogen and oxygen atoms in total. The summed E-state index contributed by atoms with van der Waals surface area (Å²) in [7, 11) is 2.00. The Morgan fingerprint density at radius 3 is 2.54 bits per heavy atom. The predicted octanol–water partition coefficient (Wildman–Crippen LogP) is 3.84. The molecule has 7 heteroatoms. The van der Waals surface area contributed by atoms with Crippen molar-refractivity contribution in [3.63, 3.8) is 0 Å². The molecule has 0 bridgehead atoms. The van der Waals surface area contributed by atoms with Gasteiger partial charge in [-0.15, -0.1) is 24.0 Å². The zero-order valence-corrected chi connectivity index (χ0v) is 18.0. The second-order valence-corrected chi connectivity index (χ2v) is 6.45. The number of nitrogens with one attached hydrogen (secondary N) is 1. The fourth-order valence-corrected chi connectivity index (χ4v) is 3.03. The molecule has 1 aliphatic rings. The molecule has 1 aromatic carbocycles. The van der Waals surface area contributed by atoms with Crippen molar-refractivity contribution in [3.8, 4) is 0 Å². The van der Waals surface area contributed by atoms with Crippen molar-refractivity contribution in [2.24, 2.45) is 10.9 Å². The maximum atomic E-state index is 13.7. The summed E-state index contributed by atoms with van der Waals surface area (Å²) < 4.78 is 32.8. The highest BCUT2D eigenvalue weighted by atomic mass is 127. The maximum absolute atomic E-state index is 13.7. The summed E-state index contributed by atoms with van der Waals surface area (Å²) in [5.74, 6) is 0.471. The zero-order valence-electron chi connectivity index (χ0n) is 15.6. The molecule has 0 saturated carbocycles. The van der Waals surface area contributed by atoms with E-state index < -0.39 is 11.6 Å². The van der Waals surface area contributed by atoms with Crippen molar-refractivity contribution in [2.45, 2.75) is 32.6 Å². The van der Waals surface area contributed by atoms with E-state index in [0.29, 0.717) is 12.5 Å². The number of halogens is 3. The third kappa shape index (κ3) is 7.34. The molecular formula is C19H30F2IN3O. The van der Waals surface area contributed by atoms with E-state index >= 15 is 0 Å². The summed E-state index contributed by atoms with van der Waals surface area (Å²) in [5, 5.41) is 3.25. The van der Waals surface area contributed by atoms with Crippen LogP contribution < -0.4 is 5.32 Å². The Balaban J connectivity index is 0.00000338. The van der Waals surface area contributed by atoms with Crippen LogP contribution in [0.2, 0.25) is 0 Å². The molecular weight excluding hydrogens is 451 g/mol. The van der Waals surface area contributed by atoms with Crippen molar-refractivity contribution in [1.29, 1.82) is 0 Å². The third-order valence-corrected chi connectivity index (χ3v) is 4.60. The number of ether oxygens (including phenoxy) is 1. The highest BCUT2D eigenvalue weighted by molar-refractivity contribution is 14.0. The summed E-state index contributed by atoms with van der Waals surface area (Å²) in [6, 6.07) is 3.95. The van der Waals surface area contributed by atoms with Crippen molar-refractivity contribution in [1.82, 2.24) is 10.2 Å². The van der Waals surface area contributed by atoms with Crippen LogP contribution in [0.25, 0.3) is 0 Å². The summed E-state index contributed by atoms with van der Waals surface area (Å²) >= 11 is 0.